The van der Waals surface area contributed by atoms with Gasteiger partial charge in [-0.25, -0.2) is 13.1 Å². The molecule has 0 spiro atoms. The van der Waals surface area contributed by atoms with Crippen LogP contribution in [0, 0.1) is 6.92 Å². The lowest BCUT2D eigenvalue weighted by Gasteiger charge is -2.03. The van der Waals surface area contributed by atoms with Crippen LogP contribution in [0.2, 0.25) is 0 Å². The fourth-order valence-electron chi connectivity index (χ4n) is 1.05. The molecule has 96 valence electrons. The van der Waals surface area contributed by atoms with Gasteiger partial charge in [0.15, 0.2) is 5.82 Å². The molecule has 0 radical (unpaired) electrons. The molecule has 1 aromatic rings. The van der Waals surface area contributed by atoms with Gasteiger partial charge in [-0.05, 0) is 6.92 Å². The third-order valence-electron chi connectivity index (χ3n) is 1.82. The molecule has 0 saturated carbocycles. The van der Waals surface area contributed by atoms with E-state index in [0.29, 0.717) is 11.7 Å². The van der Waals surface area contributed by atoms with Crippen molar-refractivity contribution in [3.05, 3.63) is 11.7 Å². The predicted octanol–water partition coefficient (Wildman–Crippen LogP) is -0.685. The van der Waals surface area contributed by atoms with Crippen molar-refractivity contribution in [2.75, 3.05) is 12.3 Å². The van der Waals surface area contributed by atoms with Crippen LogP contribution in [0.25, 0.3) is 0 Å². The third kappa shape index (κ3) is 5.41. The largest absolute Gasteiger partial charge is 0.481 e. The number of hydrogen-bond acceptors (Lipinski definition) is 6. The molecule has 0 aliphatic rings. The van der Waals surface area contributed by atoms with E-state index in [1.54, 1.807) is 6.92 Å². The van der Waals surface area contributed by atoms with Crippen LogP contribution in [-0.4, -0.2) is 41.9 Å². The van der Waals surface area contributed by atoms with Gasteiger partial charge in [0.2, 0.25) is 15.9 Å². The Kier molecular flexibility index (Phi) is 4.58. The van der Waals surface area contributed by atoms with E-state index in [0.717, 1.165) is 0 Å². The summed E-state index contributed by atoms with van der Waals surface area (Å²) in [6.45, 7) is 1.76. The van der Waals surface area contributed by atoms with E-state index in [2.05, 4.69) is 14.9 Å². The van der Waals surface area contributed by atoms with Crippen LogP contribution in [0.15, 0.2) is 4.52 Å². The standard InChI is InChI=1S/C8H13N3O5S/c1-6-10-7(16-11-6)2-4-9-17(14,15)5-3-8(12)13/h9H,2-5H2,1H3,(H,12,13). The molecule has 0 aromatic carbocycles. The molecule has 9 heteroatoms. The number of carboxylic acids is 1. The zero-order chi connectivity index (χ0) is 12.9. The molecule has 0 aliphatic heterocycles. The van der Waals surface area contributed by atoms with Crippen LogP contribution in [-0.2, 0) is 21.2 Å². The molecule has 0 amide bonds. The van der Waals surface area contributed by atoms with E-state index in [1.165, 1.54) is 0 Å². The van der Waals surface area contributed by atoms with Crippen LogP contribution in [0.1, 0.15) is 18.1 Å². The van der Waals surface area contributed by atoms with E-state index in [9.17, 15) is 13.2 Å². The summed E-state index contributed by atoms with van der Waals surface area (Å²) >= 11 is 0. The average Bonchev–Trinajstić information content (AvgIpc) is 2.61. The van der Waals surface area contributed by atoms with Crippen molar-refractivity contribution in [3.8, 4) is 0 Å². The Morgan fingerprint density at radius 2 is 2.24 bits per heavy atom. The number of aliphatic carboxylic acids is 1. The number of aromatic nitrogens is 2. The SMILES string of the molecule is Cc1noc(CCNS(=O)(=O)CCC(=O)O)n1. The van der Waals surface area contributed by atoms with Gasteiger partial charge in [0.25, 0.3) is 0 Å². The van der Waals surface area contributed by atoms with E-state index in [-0.39, 0.29) is 13.0 Å². The highest BCUT2D eigenvalue weighted by atomic mass is 32.2. The van der Waals surface area contributed by atoms with Gasteiger partial charge in [0.1, 0.15) is 0 Å². The molecule has 1 rings (SSSR count). The first-order valence-corrected chi connectivity index (χ1v) is 6.52. The van der Waals surface area contributed by atoms with Crippen LogP contribution in [0.4, 0.5) is 0 Å². The van der Waals surface area contributed by atoms with Crippen molar-refractivity contribution in [3.63, 3.8) is 0 Å². The van der Waals surface area contributed by atoms with Crippen molar-refractivity contribution in [1.29, 1.82) is 0 Å². The van der Waals surface area contributed by atoms with Crippen LogP contribution < -0.4 is 4.72 Å². The predicted molar refractivity (Wildman–Crippen MR) is 56.8 cm³/mol. The van der Waals surface area contributed by atoms with E-state index < -0.39 is 28.2 Å². The number of sulfonamides is 1. The molecule has 0 aliphatic carbocycles. The molecular formula is C8H13N3O5S. The molecule has 8 nitrogen and oxygen atoms in total. The van der Waals surface area contributed by atoms with Gasteiger partial charge in [-0.1, -0.05) is 5.16 Å². The number of nitrogens with zero attached hydrogens (tertiary/aromatic N) is 2. The summed E-state index contributed by atoms with van der Waals surface area (Å²) < 4.78 is 29.6. The lowest BCUT2D eigenvalue weighted by atomic mass is 10.4. The minimum absolute atomic E-state index is 0.101. The summed E-state index contributed by atoms with van der Waals surface area (Å²) in [5.41, 5.74) is 0. The zero-order valence-corrected chi connectivity index (χ0v) is 10.0. The van der Waals surface area contributed by atoms with Crippen molar-refractivity contribution in [1.82, 2.24) is 14.9 Å². The van der Waals surface area contributed by atoms with Crippen molar-refractivity contribution in [2.24, 2.45) is 0 Å². The molecule has 0 atom stereocenters. The topological polar surface area (TPSA) is 122 Å². The van der Waals surface area contributed by atoms with Crippen LogP contribution in [0.3, 0.4) is 0 Å². The number of rotatable bonds is 7. The van der Waals surface area contributed by atoms with Crippen LogP contribution in [0.5, 0.6) is 0 Å². The van der Waals surface area contributed by atoms with Gasteiger partial charge in [-0.3, -0.25) is 4.79 Å². The summed E-state index contributed by atoms with van der Waals surface area (Å²) in [5.74, 6) is -0.773. The van der Waals surface area contributed by atoms with Crippen molar-refractivity contribution in [2.45, 2.75) is 19.8 Å². The van der Waals surface area contributed by atoms with Crippen molar-refractivity contribution < 1.29 is 22.8 Å². The van der Waals surface area contributed by atoms with Gasteiger partial charge in [-0.15, -0.1) is 0 Å². The van der Waals surface area contributed by atoms with Gasteiger partial charge in [-0.2, -0.15) is 4.98 Å². The number of nitrogens with one attached hydrogen (secondary N) is 1. The first-order chi connectivity index (χ1) is 7.89. The average molecular weight is 263 g/mol. The summed E-state index contributed by atoms with van der Waals surface area (Å²) in [6, 6.07) is 0. The van der Waals surface area contributed by atoms with Crippen LogP contribution >= 0.6 is 0 Å². The minimum atomic E-state index is -3.56. The molecule has 0 saturated heterocycles. The molecule has 0 fully saturated rings. The molecule has 1 aromatic heterocycles. The van der Waals surface area contributed by atoms with E-state index in [1.807, 2.05) is 0 Å². The maximum Gasteiger partial charge on any atom is 0.304 e. The molecular weight excluding hydrogens is 250 g/mol. The molecule has 0 bridgehead atoms. The first kappa shape index (κ1) is 13.6. The quantitative estimate of drug-likeness (QED) is 0.667. The Balaban J connectivity index is 2.32. The minimum Gasteiger partial charge on any atom is -0.481 e. The summed E-state index contributed by atoms with van der Waals surface area (Å²) in [4.78, 5) is 14.1. The van der Waals surface area contributed by atoms with Gasteiger partial charge in [0.05, 0.1) is 12.2 Å². The maximum atomic E-state index is 11.3. The van der Waals surface area contributed by atoms with Gasteiger partial charge >= 0.3 is 5.97 Å². The number of carboxylic acid groups (broad SMARTS) is 1. The number of carbonyl (C=O) groups is 1. The zero-order valence-electron chi connectivity index (χ0n) is 9.21. The normalized spacial score (nSPS) is 11.6. The molecule has 1 heterocycles. The Morgan fingerprint density at radius 1 is 1.53 bits per heavy atom. The molecule has 17 heavy (non-hydrogen) atoms. The first-order valence-electron chi connectivity index (χ1n) is 4.87. The summed E-state index contributed by atoms with van der Waals surface area (Å²) in [7, 11) is -3.56. The highest BCUT2D eigenvalue weighted by molar-refractivity contribution is 7.89. The fraction of sp³-hybridized carbons (Fsp3) is 0.625. The Bertz CT molecular complexity index is 481. The second kappa shape index (κ2) is 5.73. The third-order valence-corrected chi connectivity index (χ3v) is 3.20. The highest BCUT2D eigenvalue weighted by Gasteiger charge is 2.12. The Labute approximate surface area is 98.1 Å². The number of hydrogen-bond donors (Lipinski definition) is 2. The lowest BCUT2D eigenvalue weighted by molar-refractivity contribution is -0.136. The monoisotopic (exact) mass is 263 g/mol. The fourth-order valence-corrected chi connectivity index (χ4v) is 2.05. The second-order valence-electron chi connectivity index (χ2n) is 3.34. The second-order valence-corrected chi connectivity index (χ2v) is 5.27. The van der Waals surface area contributed by atoms with Crippen molar-refractivity contribution >= 4 is 16.0 Å². The van der Waals surface area contributed by atoms with Gasteiger partial charge in [0, 0.05) is 13.0 Å². The highest BCUT2D eigenvalue weighted by Crippen LogP contribution is 1.97. The molecule has 0 unspecified atom stereocenters. The Morgan fingerprint density at radius 3 is 2.76 bits per heavy atom. The summed E-state index contributed by atoms with van der Waals surface area (Å²) in [6.07, 6.45) is -0.151. The van der Waals surface area contributed by atoms with E-state index >= 15 is 0 Å². The maximum absolute atomic E-state index is 11.3. The Hall–Kier alpha value is -1.48. The lowest BCUT2D eigenvalue weighted by Crippen LogP contribution is -2.29. The van der Waals surface area contributed by atoms with Gasteiger partial charge < -0.3 is 9.63 Å². The smallest absolute Gasteiger partial charge is 0.304 e. The summed E-state index contributed by atoms with van der Waals surface area (Å²) in [5, 5.41) is 11.9. The molecule has 2 N–H and O–H groups in total. The number of aryl methyl sites for hydroxylation is 1. The van der Waals surface area contributed by atoms with E-state index in [4.69, 9.17) is 9.63 Å².